The first kappa shape index (κ1) is 38.5. The van der Waals surface area contributed by atoms with Crippen LogP contribution in [-0.4, -0.2) is 23.5 Å². The van der Waals surface area contributed by atoms with Crippen molar-refractivity contribution in [3.05, 3.63) is 70.6 Å². The molecule has 0 amide bonds. The highest BCUT2D eigenvalue weighted by molar-refractivity contribution is 5.67. The van der Waals surface area contributed by atoms with Gasteiger partial charge in [0.25, 0.3) is 0 Å². The quantitative estimate of drug-likeness (QED) is 0.258. The van der Waals surface area contributed by atoms with Crippen molar-refractivity contribution >= 4 is 5.70 Å². The maximum Gasteiger partial charge on any atom is 0.416 e. The summed E-state index contributed by atoms with van der Waals surface area (Å²) in [5.74, 6) is 0.955. The topological polar surface area (TPSA) is 42.1 Å². The van der Waals surface area contributed by atoms with E-state index in [2.05, 4.69) is 25.8 Å². The Morgan fingerprint density at radius 1 is 0.927 bits per heavy atom. The third-order valence-corrected chi connectivity index (χ3v) is 6.73. The Hall–Kier alpha value is -2.55. The lowest BCUT2D eigenvalue weighted by atomic mass is 9.90. The Labute approximate surface area is 243 Å². The van der Waals surface area contributed by atoms with Gasteiger partial charge in [-0.15, -0.1) is 0 Å². The molecular formula is C32H49F6N3. The van der Waals surface area contributed by atoms with Gasteiger partial charge < -0.3 is 5.73 Å². The van der Waals surface area contributed by atoms with E-state index in [1.165, 1.54) is 57.0 Å². The maximum absolute atomic E-state index is 13.6. The van der Waals surface area contributed by atoms with Crippen LogP contribution in [0.5, 0.6) is 0 Å². The highest BCUT2D eigenvalue weighted by Gasteiger charge is 2.41. The van der Waals surface area contributed by atoms with E-state index >= 15 is 0 Å². The second-order valence-corrected chi connectivity index (χ2v) is 9.62. The molecule has 2 heterocycles. The van der Waals surface area contributed by atoms with Crippen molar-refractivity contribution in [2.45, 2.75) is 105 Å². The van der Waals surface area contributed by atoms with E-state index in [-0.39, 0.29) is 18.2 Å². The number of fused-ring (bicyclic) bond motifs is 1. The number of unbranched alkanes of at least 4 members (excludes halogenated alkanes) is 3. The predicted octanol–water partition coefficient (Wildman–Crippen LogP) is 10.5. The van der Waals surface area contributed by atoms with Crippen LogP contribution in [-0.2, 0) is 12.4 Å². The van der Waals surface area contributed by atoms with Crippen LogP contribution < -0.4 is 5.73 Å². The molecule has 0 saturated carbocycles. The van der Waals surface area contributed by atoms with Crippen LogP contribution >= 0.6 is 0 Å². The maximum atomic E-state index is 13.6. The van der Waals surface area contributed by atoms with Crippen LogP contribution in [0.3, 0.4) is 0 Å². The average Bonchev–Trinajstić information content (AvgIpc) is 3.08. The number of nitrogens with zero attached hydrogens (tertiary/aromatic N) is 2. The minimum absolute atomic E-state index is 0.158. The van der Waals surface area contributed by atoms with Gasteiger partial charge in [0.15, 0.2) is 0 Å². The number of hydrogen-bond donors (Lipinski definition) is 1. The lowest BCUT2D eigenvalue weighted by molar-refractivity contribution is -0.143. The van der Waals surface area contributed by atoms with E-state index in [0.29, 0.717) is 22.9 Å². The van der Waals surface area contributed by atoms with Crippen LogP contribution in [0, 0.1) is 5.92 Å². The summed E-state index contributed by atoms with van der Waals surface area (Å²) in [6.07, 6.45) is 3.14. The second kappa shape index (κ2) is 18.8. The van der Waals surface area contributed by atoms with Gasteiger partial charge in [0, 0.05) is 30.2 Å². The van der Waals surface area contributed by atoms with E-state index in [9.17, 15) is 26.3 Å². The van der Waals surface area contributed by atoms with Crippen molar-refractivity contribution in [3.8, 4) is 0 Å². The Morgan fingerprint density at radius 3 is 2.10 bits per heavy atom. The predicted molar refractivity (Wildman–Crippen MR) is 158 cm³/mol. The number of halogens is 6. The molecule has 0 bridgehead atoms. The number of pyridine rings is 1. The highest BCUT2D eigenvalue weighted by atomic mass is 19.4. The van der Waals surface area contributed by atoms with Crippen LogP contribution in [0.4, 0.5) is 26.3 Å². The third-order valence-electron chi connectivity index (χ3n) is 6.73. The molecule has 1 aliphatic heterocycles. The molecule has 3 nitrogen and oxygen atoms in total. The summed E-state index contributed by atoms with van der Waals surface area (Å²) in [4.78, 5) is 5.54. The molecule has 1 aromatic carbocycles. The Morgan fingerprint density at radius 2 is 1.56 bits per heavy atom. The number of nitrogens with two attached hydrogens (primary N) is 1. The molecule has 0 aliphatic carbocycles. The summed E-state index contributed by atoms with van der Waals surface area (Å²) in [5, 5.41) is 0. The van der Waals surface area contributed by atoms with Gasteiger partial charge in [-0.1, -0.05) is 93.1 Å². The summed E-state index contributed by atoms with van der Waals surface area (Å²) in [5.41, 5.74) is 4.30. The van der Waals surface area contributed by atoms with E-state index in [4.69, 9.17) is 5.73 Å². The number of alkyl halides is 6. The molecule has 1 aromatic heterocycles. The number of benzene rings is 1. The summed E-state index contributed by atoms with van der Waals surface area (Å²) in [6.45, 7) is 15.1. The van der Waals surface area contributed by atoms with Crippen molar-refractivity contribution in [3.63, 3.8) is 0 Å². The van der Waals surface area contributed by atoms with Gasteiger partial charge in [-0.25, -0.2) is 0 Å². The molecule has 2 atom stereocenters. The number of likely N-dealkylation sites (N-methyl/N-ethyl adjacent to an activating group) is 1. The van der Waals surface area contributed by atoms with Crippen LogP contribution in [0.25, 0.3) is 5.70 Å². The second-order valence-electron chi connectivity index (χ2n) is 9.62. The van der Waals surface area contributed by atoms with E-state index in [1.807, 2.05) is 27.7 Å². The zero-order valence-corrected chi connectivity index (χ0v) is 25.9. The van der Waals surface area contributed by atoms with Gasteiger partial charge in [-0.3, -0.25) is 9.88 Å². The van der Waals surface area contributed by atoms with Crippen molar-refractivity contribution in [1.82, 2.24) is 9.88 Å². The minimum atomic E-state index is -4.95. The molecule has 0 fully saturated rings. The summed E-state index contributed by atoms with van der Waals surface area (Å²) < 4.78 is 79.7. The first-order chi connectivity index (χ1) is 19.3. The van der Waals surface area contributed by atoms with Crippen LogP contribution in [0.15, 0.2) is 42.7 Å². The smallest absolute Gasteiger partial charge is 0.398 e. The lowest BCUT2D eigenvalue weighted by Crippen LogP contribution is -2.28. The normalized spacial score (nSPS) is 15.9. The Bertz CT molecular complexity index is 1030. The van der Waals surface area contributed by atoms with Gasteiger partial charge in [0.1, 0.15) is 0 Å². The molecule has 0 radical (unpaired) electrons. The number of rotatable bonds is 7. The fourth-order valence-electron chi connectivity index (χ4n) is 4.33. The summed E-state index contributed by atoms with van der Waals surface area (Å²) in [6, 6.07) is 2.31. The highest BCUT2D eigenvalue weighted by Crippen LogP contribution is 2.43. The monoisotopic (exact) mass is 589 g/mol. The van der Waals surface area contributed by atoms with Crippen molar-refractivity contribution in [2.24, 2.45) is 11.7 Å². The fraction of sp³-hybridized carbons (Fsp3) is 0.594. The summed E-state index contributed by atoms with van der Waals surface area (Å²) >= 11 is 0. The molecule has 0 spiro atoms. The zero-order chi connectivity index (χ0) is 31.8. The molecule has 41 heavy (non-hydrogen) atoms. The van der Waals surface area contributed by atoms with E-state index < -0.39 is 29.5 Å². The lowest BCUT2D eigenvalue weighted by Gasteiger charge is -2.30. The molecule has 1 aliphatic rings. The summed E-state index contributed by atoms with van der Waals surface area (Å²) in [7, 11) is 1.59. The molecule has 2 unspecified atom stereocenters. The molecular weight excluding hydrogens is 540 g/mol. The van der Waals surface area contributed by atoms with E-state index in [1.54, 1.807) is 18.0 Å². The molecule has 234 valence electrons. The van der Waals surface area contributed by atoms with Crippen molar-refractivity contribution in [1.29, 1.82) is 0 Å². The van der Waals surface area contributed by atoms with Gasteiger partial charge in [0.05, 0.1) is 17.2 Å². The zero-order valence-electron chi connectivity index (χ0n) is 25.9. The third kappa shape index (κ3) is 12.1. The number of aromatic nitrogens is 1. The fourth-order valence-corrected chi connectivity index (χ4v) is 4.33. The SMILES string of the molecule is CC.CC.CCCCCCC(C)CC.CN1CC=C(N)c2cnccc2C1c1ccc(C(F)(F)F)cc1C(F)(F)F. The standard InChI is InChI=1S/C18H15F6N3.C10H22.2C2H6/c1-27-7-5-15(25)13-9-26-6-4-11(13)16(27)12-3-2-10(17(19,20)21)8-14(12)18(22,23)24;1-4-6-7-8-9-10(3)5-2;2*1-2/h2-6,8-9,16H,7,25H2,1H3;10H,4-9H2,1-3H3;2*1-2H3. The van der Waals surface area contributed by atoms with Crippen molar-refractivity contribution < 1.29 is 26.3 Å². The largest absolute Gasteiger partial charge is 0.416 e. The van der Waals surface area contributed by atoms with Crippen LogP contribution in [0.2, 0.25) is 0 Å². The average molecular weight is 590 g/mol. The molecule has 3 rings (SSSR count). The van der Waals surface area contributed by atoms with Gasteiger partial charge in [-0.2, -0.15) is 26.3 Å². The first-order valence-corrected chi connectivity index (χ1v) is 14.7. The molecule has 0 saturated heterocycles. The minimum Gasteiger partial charge on any atom is -0.398 e. The van der Waals surface area contributed by atoms with Crippen molar-refractivity contribution in [2.75, 3.05) is 13.6 Å². The van der Waals surface area contributed by atoms with E-state index in [0.717, 1.165) is 12.0 Å². The van der Waals surface area contributed by atoms with Gasteiger partial charge in [-0.05, 0) is 48.4 Å². The van der Waals surface area contributed by atoms with Gasteiger partial charge >= 0.3 is 12.4 Å². The molecule has 9 heteroatoms. The van der Waals surface area contributed by atoms with Gasteiger partial charge in [0.2, 0.25) is 0 Å². The Balaban J connectivity index is 0.000000965. The molecule has 2 N–H and O–H groups in total. The van der Waals surface area contributed by atoms with Crippen LogP contribution in [0.1, 0.15) is 121 Å². The first-order valence-electron chi connectivity index (χ1n) is 14.7. The Kier molecular flexibility index (Phi) is 17.6. The molecule has 2 aromatic rings. The number of hydrogen-bond acceptors (Lipinski definition) is 3.